The lowest BCUT2D eigenvalue weighted by Gasteiger charge is -2.26. The van der Waals surface area contributed by atoms with Crippen LogP contribution in [0.3, 0.4) is 0 Å². The third kappa shape index (κ3) is 5.85. The van der Waals surface area contributed by atoms with Gasteiger partial charge in [0, 0.05) is 19.1 Å². The molecule has 120 valence electrons. The minimum Gasteiger partial charge on any atom is -0.371 e. The van der Waals surface area contributed by atoms with Crippen molar-refractivity contribution < 1.29 is 0 Å². The van der Waals surface area contributed by atoms with Gasteiger partial charge in [0.15, 0.2) is 0 Å². The van der Waals surface area contributed by atoms with Crippen LogP contribution >= 0.6 is 11.6 Å². The second-order valence-corrected chi connectivity index (χ2v) is 6.13. The Morgan fingerprint density at radius 2 is 1.90 bits per heavy atom. The molecule has 0 aromatic heterocycles. The molecule has 0 bridgehead atoms. The fourth-order valence-corrected chi connectivity index (χ4v) is 2.81. The molecule has 0 saturated heterocycles. The van der Waals surface area contributed by atoms with Gasteiger partial charge < -0.3 is 15.1 Å². The first-order valence-corrected chi connectivity index (χ1v) is 8.29. The molecular weight excluding hydrogens is 282 g/mol. The number of hydrogen-bond acceptors (Lipinski definition) is 3. The SMILES string of the molecule is CCNC(C)c1ccc(N(CC)CCCN(C)C)c(Cl)c1. The zero-order valence-electron chi connectivity index (χ0n) is 14.1. The van der Waals surface area contributed by atoms with E-state index in [4.69, 9.17) is 11.6 Å². The van der Waals surface area contributed by atoms with E-state index in [0.717, 1.165) is 43.3 Å². The highest BCUT2D eigenvalue weighted by Gasteiger charge is 2.11. The molecule has 0 aliphatic carbocycles. The molecule has 0 spiro atoms. The highest BCUT2D eigenvalue weighted by Crippen LogP contribution is 2.29. The van der Waals surface area contributed by atoms with Crippen LogP contribution in [0.15, 0.2) is 18.2 Å². The molecule has 1 aromatic carbocycles. The maximum atomic E-state index is 6.51. The van der Waals surface area contributed by atoms with Gasteiger partial charge in [-0.25, -0.2) is 0 Å². The number of rotatable bonds is 9. The van der Waals surface area contributed by atoms with Crippen molar-refractivity contribution in [2.24, 2.45) is 0 Å². The summed E-state index contributed by atoms with van der Waals surface area (Å²) in [7, 11) is 4.22. The van der Waals surface area contributed by atoms with E-state index >= 15 is 0 Å². The van der Waals surface area contributed by atoms with Gasteiger partial charge in [-0.3, -0.25) is 0 Å². The predicted octanol–water partition coefficient (Wildman–Crippen LogP) is 3.79. The summed E-state index contributed by atoms with van der Waals surface area (Å²) in [6.45, 7) is 10.6. The lowest BCUT2D eigenvalue weighted by Crippen LogP contribution is -2.27. The van der Waals surface area contributed by atoms with E-state index in [1.165, 1.54) is 5.56 Å². The van der Waals surface area contributed by atoms with E-state index in [1.54, 1.807) is 0 Å². The van der Waals surface area contributed by atoms with Crippen molar-refractivity contribution in [1.82, 2.24) is 10.2 Å². The number of nitrogens with one attached hydrogen (secondary N) is 1. The molecule has 1 N–H and O–H groups in total. The van der Waals surface area contributed by atoms with Crippen molar-refractivity contribution >= 4 is 17.3 Å². The summed E-state index contributed by atoms with van der Waals surface area (Å²) in [6.07, 6.45) is 1.15. The summed E-state index contributed by atoms with van der Waals surface area (Å²) in [5.41, 5.74) is 2.39. The molecule has 0 aliphatic rings. The number of hydrogen-bond donors (Lipinski definition) is 1. The third-order valence-corrected chi connectivity index (χ3v) is 4.04. The quantitative estimate of drug-likeness (QED) is 0.748. The van der Waals surface area contributed by atoms with Crippen LogP contribution in [0.2, 0.25) is 5.02 Å². The average molecular weight is 312 g/mol. The van der Waals surface area contributed by atoms with Crippen LogP contribution in [0.4, 0.5) is 5.69 Å². The smallest absolute Gasteiger partial charge is 0.0642 e. The van der Waals surface area contributed by atoms with E-state index in [2.05, 4.69) is 68.2 Å². The molecule has 21 heavy (non-hydrogen) atoms. The minimum atomic E-state index is 0.338. The van der Waals surface area contributed by atoms with Crippen LogP contribution in [0, 0.1) is 0 Å². The summed E-state index contributed by atoms with van der Waals surface area (Å²) < 4.78 is 0. The van der Waals surface area contributed by atoms with Crippen molar-refractivity contribution in [3.05, 3.63) is 28.8 Å². The van der Waals surface area contributed by atoms with E-state index < -0.39 is 0 Å². The number of benzene rings is 1. The van der Waals surface area contributed by atoms with E-state index in [-0.39, 0.29) is 0 Å². The van der Waals surface area contributed by atoms with Crippen LogP contribution in [-0.4, -0.2) is 45.2 Å². The van der Waals surface area contributed by atoms with Gasteiger partial charge in [0.1, 0.15) is 0 Å². The van der Waals surface area contributed by atoms with Crippen molar-refractivity contribution in [1.29, 1.82) is 0 Å². The Bertz CT molecular complexity index is 420. The molecule has 1 aromatic rings. The molecule has 1 atom stereocenters. The predicted molar refractivity (Wildman–Crippen MR) is 94.6 cm³/mol. The first-order chi connectivity index (χ1) is 9.99. The summed E-state index contributed by atoms with van der Waals surface area (Å²) in [5.74, 6) is 0. The van der Waals surface area contributed by atoms with Crippen LogP contribution < -0.4 is 10.2 Å². The minimum absolute atomic E-state index is 0.338. The van der Waals surface area contributed by atoms with Crippen LogP contribution in [0.1, 0.15) is 38.8 Å². The lowest BCUT2D eigenvalue weighted by molar-refractivity contribution is 0.400. The zero-order chi connectivity index (χ0) is 15.8. The van der Waals surface area contributed by atoms with Gasteiger partial charge in [0.25, 0.3) is 0 Å². The Hall–Kier alpha value is -0.770. The zero-order valence-corrected chi connectivity index (χ0v) is 14.9. The van der Waals surface area contributed by atoms with Gasteiger partial charge in [0.2, 0.25) is 0 Å². The van der Waals surface area contributed by atoms with Gasteiger partial charge in [-0.05, 0) is 65.1 Å². The van der Waals surface area contributed by atoms with Crippen LogP contribution in [0.25, 0.3) is 0 Å². The lowest BCUT2D eigenvalue weighted by atomic mass is 10.1. The highest BCUT2D eigenvalue weighted by molar-refractivity contribution is 6.33. The van der Waals surface area contributed by atoms with Crippen molar-refractivity contribution in [3.63, 3.8) is 0 Å². The number of halogens is 1. The third-order valence-electron chi connectivity index (χ3n) is 3.74. The Morgan fingerprint density at radius 3 is 2.43 bits per heavy atom. The molecule has 0 heterocycles. The number of nitrogens with zero attached hydrogens (tertiary/aromatic N) is 2. The maximum absolute atomic E-state index is 6.51. The molecule has 0 aliphatic heterocycles. The average Bonchev–Trinajstić information content (AvgIpc) is 2.44. The fraction of sp³-hybridized carbons (Fsp3) is 0.647. The van der Waals surface area contributed by atoms with E-state index in [9.17, 15) is 0 Å². The van der Waals surface area contributed by atoms with Crippen LogP contribution in [-0.2, 0) is 0 Å². The highest BCUT2D eigenvalue weighted by atomic mass is 35.5. The van der Waals surface area contributed by atoms with E-state index in [0.29, 0.717) is 6.04 Å². The van der Waals surface area contributed by atoms with Crippen molar-refractivity contribution in [3.8, 4) is 0 Å². The first kappa shape index (κ1) is 18.3. The largest absolute Gasteiger partial charge is 0.371 e. The summed E-state index contributed by atoms with van der Waals surface area (Å²) in [4.78, 5) is 4.57. The normalized spacial score (nSPS) is 12.7. The fourth-order valence-electron chi connectivity index (χ4n) is 2.50. The van der Waals surface area contributed by atoms with E-state index in [1.807, 2.05) is 0 Å². The molecule has 1 unspecified atom stereocenters. The number of anilines is 1. The van der Waals surface area contributed by atoms with Crippen molar-refractivity contribution in [2.75, 3.05) is 45.2 Å². The van der Waals surface area contributed by atoms with Crippen LogP contribution in [0.5, 0.6) is 0 Å². The van der Waals surface area contributed by atoms with Crippen molar-refractivity contribution in [2.45, 2.75) is 33.2 Å². The second-order valence-electron chi connectivity index (χ2n) is 5.73. The second kappa shape index (κ2) is 9.29. The molecule has 0 amide bonds. The Morgan fingerprint density at radius 1 is 1.19 bits per heavy atom. The van der Waals surface area contributed by atoms with Gasteiger partial charge in [-0.2, -0.15) is 0 Å². The van der Waals surface area contributed by atoms with Gasteiger partial charge in [0.05, 0.1) is 10.7 Å². The Labute approximate surface area is 135 Å². The maximum Gasteiger partial charge on any atom is 0.0642 e. The van der Waals surface area contributed by atoms with Gasteiger partial charge >= 0.3 is 0 Å². The summed E-state index contributed by atoms with van der Waals surface area (Å²) in [5, 5.41) is 4.27. The molecule has 0 fully saturated rings. The monoisotopic (exact) mass is 311 g/mol. The molecule has 0 saturated carbocycles. The topological polar surface area (TPSA) is 18.5 Å². The van der Waals surface area contributed by atoms with Gasteiger partial charge in [-0.1, -0.05) is 24.6 Å². The molecule has 0 radical (unpaired) electrons. The molecular formula is C17H30ClN3. The Balaban J connectivity index is 2.76. The van der Waals surface area contributed by atoms with Gasteiger partial charge in [-0.15, -0.1) is 0 Å². The summed E-state index contributed by atoms with van der Waals surface area (Å²) >= 11 is 6.51. The molecule has 1 rings (SSSR count). The summed E-state index contributed by atoms with van der Waals surface area (Å²) in [6, 6.07) is 6.78. The molecule has 3 nitrogen and oxygen atoms in total. The Kier molecular flexibility index (Phi) is 8.09. The first-order valence-electron chi connectivity index (χ1n) is 7.92. The molecule has 4 heteroatoms. The standard InChI is InChI=1S/C17H30ClN3/c1-6-19-14(3)15-9-10-17(16(18)13-15)21(7-2)12-8-11-20(4)5/h9-10,13-14,19H,6-8,11-12H2,1-5H3.